The number of carbonyl (C=O) groups excluding carboxylic acids is 1. The van der Waals surface area contributed by atoms with Crippen LogP contribution in [-0.4, -0.2) is 32.9 Å². The summed E-state index contributed by atoms with van der Waals surface area (Å²) in [5, 5.41) is 3.21. The van der Waals surface area contributed by atoms with E-state index in [1.54, 1.807) is 36.4 Å². The van der Waals surface area contributed by atoms with Crippen molar-refractivity contribution in [2.24, 2.45) is 0 Å². The molecule has 3 aromatic rings. The maximum absolute atomic E-state index is 13.8. The third kappa shape index (κ3) is 7.22. The minimum absolute atomic E-state index is 0.202. The Hall–Kier alpha value is -2.55. The molecule has 9 heteroatoms. The van der Waals surface area contributed by atoms with Gasteiger partial charge in [0.1, 0.15) is 5.82 Å². The van der Waals surface area contributed by atoms with Crippen LogP contribution in [0.15, 0.2) is 66.7 Å². The van der Waals surface area contributed by atoms with Gasteiger partial charge in [-0.1, -0.05) is 47.5 Å². The molecule has 0 saturated heterocycles. The molecule has 0 aliphatic heterocycles. The van der Waals surface area contributed by atoms with Crippen LogP contribution in [0.3, 0.4) is 0 Å². The molecule has 1 N–H and O–H groups in total. The van der Waals surface area contributed by atoms with E-state index in [0.717, 1.165) is 17.4 Å². The average molecular weight is 521 g/mol. The van der Waals surface area contributed by atoms with Gasteiger partial charge in [0, 0.05) is 34.2 Å². The van der Waals surface area contributed by atoms with Crippen LogP contribution >= 0.6 is 23.4 Å². The van der Waals surface area contributed by atoms with Crippen LogP contribution < -0.4 is 9.62 Å². The van der Waals surface area contributed by atoms with Gasteiger partial charge in [-0.3, -0.25) is 9.10 Å². The number of halogens is 2. The van der Waals surface area contributed by atoms with Crippen molar-refractivity contribution < 1.29 is 17.6 Å². The van der Waals surface area contributed by atoms with Gasteiger partial charge < -0.3 is 5.32 Å². The van der Waals surface area contributed by atoms with Gasteiger partial charge >= 0.3 is 0 Å². The Kier molecular flexibility index (Phi) is 8.99. The molecule has 0 aliphatic rings. The molecule has 3 rings (SSSR count). The highest BCUT2D eigenvalue weighted by Gasteiger charge is 2.18. The third-order valence-corrected chi connectivity index (χ3v) is 7.58. The van der Waals surface area contributed by atoms with Crippen molar-refractivity contribution >= 4 is 45.0 Å². The fraction of sp³-hybridized carbons (Fsp3) is 0.240. The Labute approximate surface area is 209 Å². The Morgan fingerprint density at radius 3 is 2.35 bits per heavy atom. The Balaban J connectivity index is 1.55. The molecular formula is C25H26ClFN2O3S2. The van der Waals surface area contributed by atoms with Crippen molar-refractivity contribution in [3.63, 3.8) is 0 Å². The number of sulfonamides is 1. The lowest BCUT2D eigenvalue weighted by atomic mass is 10.1. The largest absolute Gasteiger partial charge is 0.351 e. The molecule has 0 heterocycles. The lowest BCUT2D eigenvalue weighted by molar-refractivity contribution is 0.0956. The number of amides is 1. The molecule has 180 valence electrons. The van der Waals surface area contributed by atoms with Crippen LogP contribution in [0.2, 0.25) is 5.02 Å². The lowest BCUT2D eigenvalue weighted by Crippen LogP contribution is -2.29. The second-order valence-electron chi connectivity index (χ2n) is 7.81. The summed E-state index contributed by atoms with van der Waals surface area (Å²) in [5.74, 6) is 0.404. The number of nitrogens with zero attached hydrogens (tertiary/aromatic N) is 1. The van der Waals surface area contributed by atoms with Gasteiger partial charge in [0.05, 0.1) is 18.5 Å². The van der Waals surface area contributed by atoms with Crippen LogP contribution in [0.5, 0.6) is 0 Å². The minimum Gasteiger partial charge on any atom is -0.351 e. The summed E-state index contributed by atoms with van der Waals surface area (Å²) in [4.78, 5) is 12.5. The fourth-order valence-corrected chi connectivity index (χ4v) is 5.31. The predicted octanol–water partition coefficient (Wildman–Crippen LogP) is 5.42. The van der Waals surface area contributed by atoms with Gasteiger partial charge in [0.2, 0.25) is 10.0 Å². The molecule has 0 aliphatic carbocycles. The van der Waals surface area contributed by atoms with Gasteiger partial charge in [-0.15, -0.1) is 0 Å². The van der Waals surface area contributed by atoms with Gasteiger partial charge in [0.25, 0.3) is 5.91 Å². The Bertz CT molecular complexity index is 1210. The molecule has 1 amide bonds. The number of hydrogen-bond donors (Lipinski definition) is 1. The average Bonchev–Trinajstić information content (AvgIpc) is 2.79. The van der Waals surface area contributed by atoms with Crippen molar-refractivity contribution in [3.8, 4) is 0 Å². The van der Waals surface area contributed by atoms with Crippen molar-refractivity contribution in [2.75, 3.05) is 22.9 Å². The maximum Gasteiger partial charge on any atom is 0.251 e. The van der Waals surface area contributed by atoms with Crippen molar-refractivity contribution in [2.45, 2.75) is 19.2 Å². The van der Waals surface area contributed by atoms with Crippen LogP contribution in [0.25, 0.3) is 0 Å². The fourth-order valence-electron chi connectivity index (χ4n) is 3.22. The first kappa shape index (κ1) is 26.1. The number of aryl methyl sites for hydroxylation is 1. The summed E-state index contributed by atoms with van der Waals surface area (Å²) in [6, 6.07) is 18.7. The number of hydrogen-bond acceptors (Lipinski definition) is 4. The molecule has 0 fully saturated rings. The highest BCUT2D eigenvalue weighted by molar-refractivity contribution is 7.98. The summed E-state index contributed by atoms with van der Waals surface area (Å²) in [6.07, 6.45) is 1.16. The zero-order valence-corrected chi connectivity index (χ0v) is 21.3. The topological polar surface area (TPSA) is 66.5 Å². The van der Waals surface area contributed by atoms with E-state index in [2.05, 4.69) is 5.32 Å². The number of nitrogens with one attached hydrogen (secondary N) is 1. The molecule has 0 saturated carbocycles. The molecule has 0 unspecified atom stereocenters. The zero-order chi connectivity index (χ0) is 24.7. The highest BCUT2D eigenvalue weighted by atomic mass is 35.5. The number of benzene rings is 3. The van der Waals surface area contributed by atoms with E-state index >= 15 is 0 Å². The van der Waals surface area contributed by atoms with Crippen LogP contribution in [0.1, 0.15) is 27.0 Å². The maximum atomic E-state index is 13.8. The van der Waals surface area contributed by atoms with Crippen LogP contribution in [0.4, 0.5) is 10.1 Å². The summed E-state index contributed by atoms with van der Waals surface area (Å²) >= 11 is 7.49. The summed E-state index contributed by atoms with van der Waals surface area (Å²) in [7, 11) is -3.52. The van der Waals surface area contributed by atoms with Crippen LogP contribution in [0, 0.1) is 12.7 Å². The first-order chi connectivity index (χ1) is 16.1. The van der Waals surface area contributed by atoms with E-state index in [1.165, 1.54) is 22.1 Å². The van der Waals surface area contributed by atoms with E-state index in [1.807, 2.05) is 31.2 Å². The van der Waals surface area contributed by atoms with E-state index in [9.17, 15) is 17.6 Å². The smallest absolute Gasteiger partial charge is 0.251 e. The lowest BCUT2D eigenvalue weighted by Gasteiger charge is -2.23. The number of anilines is 1. The third-order valence-electron chi connectivity index (χ3n) is 5.10. The number of carbonyl (C=O) groups is 1. The van der Waals surface area contributed by atoms with E-state index < -0.39 is 10.0 Å². The van der Waals surface area contributed by atoms with Crippen molar-refractivity contribution in [1.29, 1.82) is 0 Å². The molecule has 0 spiro atoms. The second-order valence-corrected chi connectivity index (χ2v) is 11.2. The zero-order valence-electron chi connectivity index (χ0n) is 18.9. The molecule has 34 heavy (non-hydrogen) atoms. The first-order valence-electron chi connectivity index (χ1n) is 10.6. The summed E-state index contributed by atoms with van der Waals surface area (Å²) in [5.41, 5.74) is 3.33. The molecule has 0 atom stereocenters. The summed E-state index contributed by atoms with van der Waals surface area (Å²) < 4.78 is 39.9. The van der Waals surface area contributed by atoms with Crippen LogP contribution in [-0.2, 0) is 22.3 Å². The van der Waals surface area contributed by atoms with Crippen molar-refractivity contribution in [3.05, 3.63) is 99.8 Å². The highest BCUT2D eigenvalue weighted by Crippen LogP contribution is 2.24. The van der Waals surface area contributed by atoms with Gasteiger partial charge in [-0.25, -0.2) is 12.8 Å². The quantitative estimate of drug-likeness (QED) is 0.363. The molecular weight excluding hydrogens is 495 g/mol. The van der Waals surface area contributed by atoms with Gasteiger partial charge in [-0.2, -0.15) is 11.8 Å². The molecule has 5 nitrogen and oxygen atoms in total. The predicted molar refractivity (Wildman–Crippen MR) is 139 cm³/mol. The number of thioether (sulfide) groups is 1. The Morgan fingerprint density at radius 1 is 1.06 bits per heavy atom. The molecule has 0 radical (unpaired) electrons. The van der Waals surface area contributed by atoms with Gasteiger partial charge in [-0.05, 0) is 48.9 Å². The normalized spacial score (nSPS) is 11.3. The standard InChI is InChI=1S/C25H26ClFN2O3S2/c1-18-6-8-19(9-7-18)16-29(34(2,31)32)21-12-10-20(11-13-21)25(30)28-14-15-33-17-22-23(26)4-3-5-24(22)27/h3-13H,14-17H2,1-2H3,(H,28,30). The molecule has 0 aromatic heterocycles. The van der Waals surface area contributed by atoms with E-state index in [4.69, 9.17) is 11.6 Å². The summed E-state index contributed by atoms with van der Waals surface area (Å²) in [6.45, 7) is 2.58. The number of rotatable bonds is 10. The Morgan fingerprint density at radius 2 is 1.74 bits per heavy atom. The van der Waals surface area contributed by atoms with Crippen molar-refractivity contribution in [1.82, 2.24) is 5.32 Å². The first-order valence-corrected chi connectivity index (χ1v) is 14.0. The SMILES string of the molecule is Cc1ccc(CN(c2ccc(C(=O)NCCSCc3c(F)cccc3Cl)cc2)S(C)(=O)=O)cc1. The monoisotopic (exact) mass is 520 g/mol. The van der Waals surface area contributed by atoms with E-state index in [0.29, 0.717) is 39.9 Å². The van der Waals surface area contributed by atoms with Gasteiger partial charge in [0.15, 0.2) is 0 Å². The minimum atomic E-state index is -3.52. The second kappa shape index (κ2) is 11.7. The van der Waals surface area contributed by atoms with E-state index in [-0.39, 0.29) is 18.3 Å². The molecule has 3 aromatic carbocycles. The molecule has 0 bridgehead atoms.